The van der Waals surface area contributed by atoms with Crippen molar-refractivity contribution >= 4 is 29.2 Å². The van der Waals surface area contributed by atoms with Crippen LogP contribution in [-0.2, 0) is 16.9 Å². The fourth-order valence-electron chi connectivity index (χ4n) is 3.82. The molecule has 1 aromatic carbocycles. The number of halogens is 1. The lowest BCUT2D eigenvalue weighted by Crippen LogP contribution is -2.52. The number of hydrogen-bond acceptors (Lipinski definition) is 5. The number of hydrogen-bond donors (Lipinski definition) is 2. The molecule has 1 saturated heterocycles. The number of nitrogens with one attached hydrogen (secondary N) is 2. The van der Waals surface area contributed by atoms with Crippen LogP contribution in [0.5, 0.6) is 0 Å². The zero-order chi connectivity index (χ0) is 20.9. The van der Waals surface area contributed by atoms with E-state index >= 15 is 0 Å². The molecule has 0 aliphatic carbocycles. The van der Waals surface area contributed by atoms with Crippen LogP contribution >= 0.6 is 11.3 Å². The van der Waals surface area contributed by atoms with Crippen molar-refractivity contribution < 1.29 is 18.8 Å². The fraction of sp³-hybridized carbons (Fsp3) is 0.143. The molecule has 2 N–H and O–H groups in total. The zero-order valence-corrected chi connectivity index (χ0v) is 16.3. The van der Waals surface area contributed by atoms with Crippen molar-refractivity contribution in [3.05, 3.63) is 76.5 Å². The molecule has 30 heavy (non-hydrogen) atoms. The van der Waals surface area contributed by atoms with Gasteiger partial charge in [0.15, 0.2) is 5.54 Å². The molecule has 4 amide bonds. The van der Waals surface area contributed by atoms with Crippen LogP contribution < -0.4 is 10.6 Å². The average Bonchev–Trinajstić information content (AvgIpc) is 3.41. The Morgan fingerprint density at radius 3 is 2.73 bits per heavy atom. The molecule has 2 aromatic heterocycles. The summed E-state index contributed by atoms with van der Waals surface area (Å²) in [5.74, 6) is -1.40. The van der Waals surface area contributed by atoms with Gasteiger partial charge in [0.25, 0.3) is 11.8 Å². The molecule has 4 heterocycles. The Morgan fingerprint density at radius 1 is 1.13 bits per heavy atom. The van der Waals surface area contributed by atoms with Crippen molar-refractivity contribution in [1.29, 1.82) is 0 Å². The van der Waals surface area contributed by atoms with Gasteiger partial charge in [-0.3, -0.25) is 19.9 Å². The quantitative estimate of drug-likeness (QED) is 0.633. The predicted octanol–water partition coefficient (Wildman–Crippen LogP) is 2.64. The first-order valence-electron chi connectivity index (χ1n) is 9.19. The minimum atomic E-state index is -1.43. The highest BCUT2D eigenvalue weighted by Crippen LogP contribution is 2.37. The Morgan fingerprint density at radius 2 is 2.00 bits per heavy atom. The number of aromatic nitrogens is 1. The van der Waals surface area contributed by atoms with E-state index in [2.05, 4.69) is 15.6 Å². The molecule has 9 heteroatoms. The molecule has 1 fully saturated rings. The molecule has 0 bridgehead atoms. The van der Waals surface area contributed by atoms with Crippen LogP contribution in [0, 0.1) is 5.82 Å². The predicted molar refractivity (Wildman–Crippen MR) is 107 cm³/mol. The number of urea groups is 1. The second-order valence-electron chi connectivity index (χ2n) is 7.16. The highest BCUT2D eigenvalue weighted by atomic mass is 32.1. The Hall–Kier alpha value is -3.59. The minimum Gasteiger partial charge on any atom is -0.331 e. The van der Waals surface area contributed by atoms with E-state index in [1.165, 1.54) is 28.4 Å². The standard InChI is InChI=1S/C21H15FN4O3S/c22-13-5-4-12-10-26(18(27)14(12)9-13)11-21(19(28)24-20(29)25-21)17-7-6-16(30-17)15-3-1-2-8-23-15/h1-9H,10-11H2,(H2,24,25,28,29)/t21-/m1/s1. The lowest BCUT2D eigenvalue weighted by Gasteiger charge is -2.30. The van der Waals surface area contributed by atoms with Crippen molar-refractivity contribution in [1.82, 2.24) is 20.5 Å². The third kappa shape index (κ3) is 2.86. The lowest BCUT2D eigenvalue weighted by atomic mass is 9.96. The second kappa shape index (κ2) is 6.74. The molecule has 1 atom stereocenters. The maximum Gasteiger partial charge on any atom is 0.322 e. The molecule has 3 aromatic rings. The van der Waals surface area contributed by atoms with Crippen molar-refractivity contribution in [3.8, 4) is 10.6 Å². The van der Waals surface area contributed by atoms with E-state index in [4.69, 9.17) is 0 Å². The first-order valence-corrected chi connectivity index (χ1v) is 10.0. The van der Waals surface area contributed by atoms with Crippen molar-refractivity contribution in [2.75, 3.05) is 6.54 Å². The smallest absolute Gasteiger partial charge is 0.322 e. The van der Waals surface area contributed by atoms with Gasteiger partial charge in [-0.1, -0.05) is 12.1 Å². The Labute approximate surface area is 174 Å². The van der Waals surface area contributed by atoms with E-state index in [-0.39, 0.29) is 24.6 Å². The van der Waals surface area contributed by atoms with E-state index in [1.807, 2.05) is 24.3 Å². The van der Waals surface area contributed by atoms with Gasteiger partial charge in [0.2, 0.25) is 0 Å². The fourth-order valence-corrected chi connectivity index (χ4v) is 4.93. The van der Waals surface area contributed by atoms with Gasteiger partial charge >= 0.3 is 6.03 Å². The van der Waals surface area contributed by atoms with Crippen LogP contribution in [-0.4, -0.2) is 34.3 Å². The number of benzene rings is 1. The summed E-state index contributed by atoms with van der Waals surface area (Å²) >= 11 is 1.32. The summed E-state index contributed by atoms with van der Waals surface area (Å²) in [6.07, 6.45) is 1.67. The molecule has 2 aliphatic heterocycles. The molecule has 0 radical (unpaired) electrons. The maximum atomic E-state index is 13.6. The van der Waals surface area contributed by atoms with Gasteiger partial charge in [0, 0.05) is 23.2 Å². The number of carbonyl (C=O) groups is 3. The molecule has 7 nitrogen and oxygen atoms in total. The van der Waals surface area contributed by atoms with Gasteiger partial charge < -0.3 is 10.2 Å². The Bertz CT molecular complexity index is 1200. The molecule has 0 spiro atoms. The van der Waals surface area contributed by atoms with E-state index in [0.29, 0.717) is 10.4 Å². The molecule has 150 valence electrons. The lowest BCUT2D eigenvalue weighted by molar-refractivity contribution is -0.124. The first-order chi connectivity index (χ1) is 14.5. The van der Waals surface area contributed by atoms with E-state index in [1.54, 1.807) is 18.3 Å². The van der Waals surface area contributed by atoms with Gasteiger partial charge in [-0.05, 0) is 42.0 Å². The topological polar surface area (TPSA) is 91.4 Å². The second-order valence-corrected chi connectivity index (χ2v) is 8.24. The molecule has 0 saturated carbocycles. The van der Waals surface area contributed by atoms with Gasteiger partial charge in [-0.2, -0.15) is 0 Å². The number of fused-ring (bicyclic) bond motifs is 1. The number of thiophene rings is 1. The van der Waals surface area contributed by atoms with Gasteiger partial charge in [-0.25, -0.2) is 9.18 Å². The minimum absolute atomic E-state index is 0.0676. The first kappa shape index (κ1) is 18.4. The van der Waals surface area contributed by atoms with Crippen LogP contribution in [0.4, 0.5) is 9.18 Å². The zero-order valence-electron chi connectivity index (χ0n) is 15.5. The number of rotatable bonds is 4. The normalized spacial score (nSPS) is 20.3. The largest absolute Gasteiger partial charge is 0.331 e. The van der Waals surface area contributed by atoms with Crippen molar-refractivity contribution in [3.63, 3.8) is 0 Å². The van der Waals surface area contributed by atoms with E-state index in [0.717, 1.165) is 10.6 Å². The molecular weight excluding hydrogens is 407 g/mol. The van der Waals surface area contributed by atoms with Crippen molar-refractivity contribution in [2.24, 2.45) is 0 Å². The van der Waals surface area contributed by atoms with Crippen molar-refractivity contribution in [2.45, 2.75) is 12.1 Å². The molecule has 2 aliphatic rings. The molecular formula is C21H15FN4O3S. The Balaban J connectivity index is 1.51. The van der Waals surface area contributed by atoms with E-state index in [9.17, 15) is 18.8 Å². The van der Waals surface area contributed by atoms with Gasteiger partial charge in [0.1, 0.15) is 5.82 Å². The monoisotopic (exact) mass is 422 g/mol. The molecule has 0 unspecified atom stereocenters. The number of nitrogens with zero attached hydrogens (tertiary/aromatic N) is 2. The van der Waals surface area contributed by atoms with Gasteiger partial charge in [0.05, 0.1) is 17.1 Å². The molecule has 5 rings (SSSR count). The van der Waals surface area contributed by atoms with Crippen LogP contribution in [0.15, 0.2) is 54.7 Å². The summed E-state index contributed by atoms with van der Waals surface area (Å²) in [6, 6.07) is 12.5. The van der Waals surface area contributed by atoms with Crippen LogP contribution in [0.25, 0.3) is 10.6 Å². The SMILES string of the molecule is O=C1NC(=O)[C@@](CN2Cc3ccc(F)cc3C2=O)(c2ccc(-c3ccccn3)s2)N1. The summed E-state index contributed by atoms with van der Waals surface area (Å²) in [7, 11) is 0. The summed E-state index contributed by atoms with van der Waals surface area (Å²) < 4.78 is 13.6. The highest BCUT2D eigenvalue weighted by Gasteiger charge is 2.51. The third-order valence-corrected chi connectivity index (χ3v) is 6.53. The Kier molecular flexibility index (Phi) is 4.14. The van der Waals surface area contributed by atoms with Crippen LogP contribution in [0.2, 0.25) is 0 Å². The average molecular weight is 422 g/mol. The third-order valence-electron chi connectivity index (χ3n) is 5.26. The highest BCUT2D eigenvalue weighted by molar-refractivity contribution is 7.15. The van der Waals surface area contributed by atoms with E-state index < -0.39 is 23.3 Å². The van der Waals surface area contributed by atoms with Crippen LogP contribution in [0.1, 0.15) is 20.8 Å². The summed E-state index contributed by atoms with van der Waals surface area (Å²) in [4.78, 5) is 44.9. The number of carbonyl (C=O) groups excluding carboxylic acids is 3. The number of imide groups is 1. The summed E-state index contributed by atoms with van der Waals surface area (Å²) in [5, 5.41) is 4.98. The van der Waals surface area contributed by atoms with Crippen LogP contribution in [0.3, 0.4) is 0 Å². The number of pyridine rings is 1. The number of amides is 4. The summed E-state index contributed by atoms with van der Waals surface area (Å²) in [6.45, 7) is 0.166. The summed E-state index contributed by atoms with van der Waals surface area (Å²) in [5.41, 5.74) is 0.274. The maximum absolute atomic E-state index is 13.6. The van der Waals surface area contributed by atoms with Gasteiger partial charge in [-0.15, -0.1) is 11.3 Å².